The summed E-state index contributed by atoms with van der Waals surface area (Å²) < 4.78 is 50.8. The van der Waals surface area contributed by atoms with Gasteiger partial charge in [0.1, 0.15) is 17.7 Å². The number of nitrogens with two attached hydrogens (primary N) is 1. The fourth-order valence-corrected chi connectivity index (χ4v) is 4.52. The molecule has 1 fully saturated rings. The van der Waals surface area contributed by atoms with E-state index in [1.54, 1.807) is 0 Å². The highest BCUT2D eigenvalue weighted by Crippen LogP contribution is 2.27. The highest BCUT2D eigenvalue weighted by Gasteiger charge is 2.44. The van der Waals surface area contributed by atoms with Gasteiger partial charge in [0.15, 0.2) is 0 Å². The van der Waals surface area contributed by atoms with Gasteiger partial charge in [-0.15, -0.1) is 0 Å². The first kappa shape index (κ1) is 25.1. The smallest absolute Gasteiger partial charge is 0.257 e. The number of halogens is 2. The van der Waals surface area contributed by atoms with Crippen LogP contribution < -0.4 is 10.0 Å². The summed E-state index contributed by atoms with van der Waals surface area (Å²) in [6.45, 7) is -0.0666. The maximum absolute atomic E-state index is 14.4. The second-order valence-corrected chi connectivity index (χ2v) is 9.74. The van der Waals surface area contributed by atoms with Gasteiger partial charge in [-0.3, -0.25) is 14.4 Å². The van der Waals surface area contributed by atoms with Crippen LogP contribution in [0.2, 0.25) is 0 Å². The van der Waals surface area contributed by atoms with Crippen LogP contribution in [0, 0.1) is 11.6 Å². The van der Waals surface area contributed by atoms with Gasteiger partial charge < -0.3 is 4.90 Å². The Morgan fingerprint density at radius 3 is 2.22 bits per heavy atom. The van der Waals surface area contributed by atoms with Crippen molar-refractivity contribution in [3.8, 4) is 0 Å². The minimum Gasteiger partial charge on any atom is -0.326 e. The lowest BCUT2D eigenvalue weighted by Gasteiger charge is -2.28. The average molecular weight is 514 g/mol. The van der Waals surface area contributed by atoms with Crippen molar-refractivity contribution in [1.29, 1.82) is 0 Å². The van der Waals surface area contributed by atoms with Crippen molar-refractivity contribution >= 4 is 33.4 Å². The summed E-state index contributed by atoms with van der Waals surface area (Å²) in [6, 6.07) is 14.5. The zero-order valence-corrected chi connectivity index (χ0v) is 19.6. The predicted octanol–water partition coefficient (Wildman–Crippen LogP) is 2.63. The second kappa shape index (κ2) is 9.96. The molecule has 11 heteroatoms. The maximum atomic E-state index is 14.4. The molecule has 0 spiro atoms. The number of sulfonamides is 1. The van der Waals surface area contributed by atoms with Crippen LogP contribution in [0.15, 0.2) is 77.7 Å². The molecule has 1 unspecified atom stereocenters. The molecule has 1 aliphatic rings. The SMILES string of the molecule is NS(=O)(=O)c1ccc(CCN(C(=O)c2ccccc2F)C2CC(=O)N(c3ccc(F)cc3)C2=O)cc1. The third-order valence-corrected chi connectivity index (χ3v) is 6.77. The van der Waals surface area contributed by atoms with E-state index >= 15 is 0 Å². The molecule has 1 saturated heterocycles. The molecule has 0 aliphatic carbocycles. The third-order valence-electron chi connectivity index (χ3n) is 5.84. The number of amides is 3. The van der Waals surface area contributed by atoms with Crippen molar-refractivity contribution in [2.75, 3.05) is 11.4 Å². The Morgan fingerprint density at radius 1 is 0.972 bits per heavy atom. The summed E-state index contributed by atoms with van der Waals surface area (Å²) in [5.41, 5.74) is 0.522. The standard InChI is InChI=1S/C25H21F2N3O5S/c26-17-7-9-18(10-8-17)30-23(31)15-22(25(30)33)29(24(32)20-3-1-2-4-21(20)27)14-13-16-5-11-19(12-6-16)36(28,34)35/h1-12,22H,13-15H2,(H2,28,34,35). The van der Waals surface area contributed by atoms with Gasteiger partial charge in [0.2, 0.25) is 15.9 Å². The van der Waals surface area contributed by atoms with Crippen LogP contribution in [-0.4, -0.2) is 43.6 Å². The number of carbonyl (C=O) groups excluding carboxylic acids is 3. The van der Waals surface area contributed by atoms with Crippen molar-refractivity contribution in [2.45, 2.75) is 23.8 Å². The van der Waals surface area contributed by atoms with Gasteiger partial charge in [-0.05, 0) is 60.5 Å². The molecule has 3 amide bonds. The van der Waals surface area contributed by atoms with Crippen molar-refractivity contribution in [3.63, 3.8) is 0 Å². The number of anilines is 1. The van der Waals surface area contributed by atoms with Crippen LogP contribution in [0.3, 0.4) is 0 Å². The summed E-state index contributed by atoms with van der Waals surface area (Å²) in [5, 5.41) is 5.12. The number of imide groups is 1. The maximum Gasteiger partial charge on any atom is 0.257 e. The Kier molecular flexibility index (Phi) is 6.95. The van der Waals surface area contributed by atoms with Gasteiger partial charge in [0, 0.05) is 6.54 Å². The van der Waals surface area contributed by atoms with Crippen LogP contribution >= 0.6 is 0 Å². The Labute approximate surface area is 206 Å². The van der Waals surface area contributed by atoms with Gasteiger partial charge >= 0.3 is 0 Å². The van der Waals surface area contributed by atoms with Gasteiger partial charge in [-0.2, -0.15) is 0 Å². The van der Waals surface area contributed by atoms with Crippen LogP contribution in [-0.2, 0) is 26.0 Å². The fraction of sp³-hybridized carbons (Fsp3) is 0.160. The van der Waals surface area contributed by atoms with Crippen LogP contribution in [0.25, 0.3) is 0 Å². The van der Waals surface area contributed by atoms with Gasteiger partial charge in [-0.25, -0.2) is 27.2 Å². The summed E-state index contributed by atoms with van der Waals surface area (Å²) in [6.07, 6.45) is -0.152. The van der Waals surface area contributed by atoms with Crippen LogP contribution in [0.5, 0.6) is 0 Å². The molecule has 8 nitrogen and oxygen atoms in total. The third kappa shape index (κ3) is 5.16. The van der Waals surface area contributed by atoms with E-state index in [0.717, 1.165) is 28.0 Å². The molecular formula is C25H21F2N3O5S. The first-order valence-electron chi connectivity index (χ1n) is 10.9. The highest BCUT2D eigenvalue weighted by atomic mass is 32.2. The Hall–Kier alpha value is -3.96. The van der Waals surface area contributed by atoms with E-state index in [2.05, 4.69) is 0 Å². The quantitative estimate of drug-likeness (QED) is 0.488. The summed E-state index contributed by atoms with van der Waals surface area (Å²) in [7, 11) is -3.88. The number of hydrogen-bond donors (Lipinski definition) is 1. The summed E-state index contributed by atoms with van der Waals surface area (Å²) in [5.74, 6) is -3.38. The highest BCUT2D eigenvalue weighted by molar-refractivity contribution is 7.89. The van der Waals surface area contributed by atoms with E-state index in [-0.39, 0.29) is 35.5 Å². The predicted molar refractivity (Wildman–Crippen MR) is 126 cm³/mol. The molecule has 0 saturated carbocycles. The van der Waals surface area contributed by atoms with Crippen LogP contribution in [0.4, 0.5) is 14.5 Å². The Morgan fingerprint density at radius 2 is 1.61 bits per heavy atom. The molecule has 4 rings (SSSR count). The molecule has 186 valence electrons. The molecule has 3 aromatic carbocycles. The number of carbonyl (C=O) groups is 3. The lowest BCUT2D eigenvalue weighted by Crippen LogP contribution is -2.46. The minimum atomic E-state index is -3.88. The normalized spacial score (nSPS) is 15.9. The largest absolute Gasteiger partial charge is 0.326 e. The molecule has 1 heterocycles. The molecule has 36 heavy (non-hydrogen) atoms. The lowest BCUT2D eigenvalue weighted by atomic mass is 10.1. The molecule has 0 aromatic heterocycles. The number of rotatable bonds is 7. The topological polar surface area (TPSA) is 118 Å². The monoisotopic (exact) mass is 513 g/mol. The molecule has 3 aromatic rings. The molecule has 0 radical (unpaired) electrons. The van der Waals surface area contributed by atoms with Crippen molar-refractivity contribution in [3.05, 3.63) is 95.6 Å². The van der Waals surface area contributed by atoms with E-state index in [0.29, 0.717) is 5.56 Å². The fourth-order valence-electron chi connectivity index (χ4n) is 4.00. The minimum absolute atomic E-state index is 0.0666. The molecule has 0 bridgehead atoms. The number of primary sulfonamides is 1. The first-order chi connectivity index (χ1) is 17.1. The summed E-state index contributed by atoms with van der Waals surface area (Å²) in [4.78, 5) is 41.3. The van der Waals surface area contributed by atoms with E-state index < -0.39 is 45.4 Å². The van der Waals surface area contributed by atoms with Crippen molar-refractivity contribution in [2.24, 2.45) is 5.14 Å². The Bertz CT molecular complexity index is 1430. The number of nitrogens with zero attached hydrogens (tertiary/aromatic N) is 2. The van der Waals surface area contributed by atoms with E-state index in [4.69, 9.17) is 5.14 Å². The lowest BCUT2D eigenvalue weighted by molar-refractivity contribution is -0.122. The van der Waals surface area contributed by atoms with Crippen molar-refractivity contribution < 1.29 is 31.6 Å². The zero-order chi connectivity index (χ0) is 26.0. The van der Waals surface area contributed by atoms with Gasteiger partial charge in [0.25, 0.3) is 11.8 Å². The average Bonchev–Trinajstić information content (AvgIpc) is 3.13. The van der Waals surface area contributed by atoms with Crippen LogP contribution in [0.1, 0.15) is 22.3 Å². The molecule has 1 aliphatic heterocycles. The summed E-state index contributed by atoms with van der Waals surface area (Å²) >= 11 is 0. The zero-order valence-electron chi connectivity index (χ0n) is 18.8. The Balaban J connectivity index is 1.63. The second-order valence-electron chi connectivity index (χ2n) is 8.18. The molecule has 1 atom stereocenters. The molecular weight excluding hydrogens is 492 g/mol. The van der Waals surface area contributed by atoms with Gasteiger partial charge in [-0.1, -0.05) is 24.3 Å². The van der Waals surface area contributed by atoms with E-state index in [1.165, 1.54) is 54.6 Å². The van der Waals surface area contributed by atoms with Crippen molar-refractivity contribution in [1.82, 2.24) is 4.90 Å². The number of hydrogen-bond acceptors (Lipinski definition) is 5. The van der Waals surface area contributed by atoms with Gasteiger partial charge in [0.05, 0.1) is 22.6 Å². The van der Waals surface area contributed by atoms with E-state index in [9.17, 15) is 31.6 Å². The number of benzene rings is 3. The molecule has 2 N–H and O–H groups in total. The first-order valence-corrected chi connectivity index (χ1v) is 12.4. The van der Waals surface area contributed by atoms with E-state index in [1.807, 2.05) is 0 Å².